The molecule has 0 radical (unpaired) electrons. The van der Waals surface area contributed by atoms with Gasteiger partial charge in [-0.3, -0.25) is 0 Å². The van der Waals surface area contributed by atoms with Gasteiger partial charge in [-0.2, -0.15) is 0 Å². The second-order valence-electron chi connectivity index (χ2n) is 8.35. The molecule has 4 heteroatoms. The van der Waals surface area contributed by atoms with Gasteiger partial charge in [0.25, 0.3) is 0 Å². The maximum Gasteiger partial charge on any atom is 0.335 e. The first kappa shape index (κ1) is 22.7. The third-order valence-corrected chi connectivity index (χ3v) is 5.36. The zero-order chi connectivity index (χ0) is 22.2. The number of hydrogen-bond donors (Lipinski definition) is 3. The average Bonchev–Trinajstić information content (AvgIpc) is 2.77. The lowest BCUT2D eigenvalue weighted by Gasteiger charge is -2.13. The van der Waals surface area contributed by atoms with Gasteiger partial charge in [0.2, 0.25) is 0 Å². The van der Waals surface area contributed by atoms with Crippen LogP contribution in [0.25, 0.3) is 11.1 Å². The minimum absolute atomic E-state index is 0.387. The molecule has 162 valence electrons. The van der Waals surface area contributed by atoms with Gasteiger partial charge in [0.1, 0.15) is 0 Å². The van der Waals surface area contributed by atoms with Crippen molar-refractivity contribution in [2.24, 2.45) is 5.92 Å². The van der Waals surface area contributed by atoms with Crippen molar-refractivity contribution in [3.63, 3.8) is 0 Å². The maximum absolute atomic E-state index is 11.5. The van der Waals surface area contributed by atoms with Gasteiger partial charge in [0, 0.05) is 6.54 Å². The van der Waals surface area contributed by atoms with Crippen molar-refractivity contribution in [3.8, 4) is 11.1 Å². The highest BCUT2D eigenvalue weighted by molar-refractivity contribution is 5.90. The van der Waals surface area contributed by atoms with E-state index in [2.05, 4.69) is 43.4 Å². The van der Waals surface area contributed by atoms with E-state index in [0.29, 0.717) is 18.0 Å². The molecule has 0 heterocycles. The fourth-order valence-electron chi connectivity index (χ4n) is 3.72. The van der Waals surface area contributed by atoms with Crippen molar-refractivity contribution in [2.75, 3.05) is 13.1 Å². The summed E-state index contributed by atoms with van der Waals surface area (Å²) in [5.74, 6) is -0.480. The van der Waals surface area contributed by atoms with Crippen molar-refractivity contribution in [1.82, 2.24) is 5.32 Å². The van der Waals surface area contributed by atoms with Crippen molar-refractivity contribution >= 4 is 5.97 Å². The molecule has 0 spiro atoms. The lowest BCUT2D eigenvalue weighted by Crippen LogP contribution is -2.23. The monoisotopic (exact) mass is 417 g/mol. The van der Waals surface area contributed by atoms with E-state index in [4.69, 9.17) is 0 Å². The van der Waals surface area contributed by atoms with Crippen molar-refractivity contribution < 1.29 is 15.0 Å². The summed E-state index contributed by atoms with van der Waals surface area (Å²) >= 11 is 0. The van der Waals surface area contributed by atoms with Crippen LogP contribution < -0.4 is 5.32 Å². The van der Waals surface area contributed by atoms with E-state index in [1.807, 2.05) is 42.5 Å². The SMILES string of the molecule is CC(C)Cc1cc(-c2ccc(CCNCC(O)c3ccccc3)cc2)ccc1C(=O)O. The second-order valence-corrected chi connectivity index (χ2v) is 8.35. The van der Waals surface area contributed by atoms with Crippen LogP contribution in [-0.4, -0.2) is 29.3 Å². The summed E-state index contributed by atoms with van der Waals surface area (Å²) in [7, 11) is 0. The summed E-state index contributed by atoms with van der Waals surface area (Å²) in [5, 5.41) is 23.0. The molecule has 3 rings (SSSR count). The molecule has 0 fully saturated rings. The van der Waals surface area contributed by atoms with E-state index in [-0.39, 0.29) is 0 Å². The number of aliphatic hydroxyl groups excluding tert-OH is 1. The third-order valence-electron chi connectivity index (χ3n) is 5.36. The Morgan fingerprint density at radius 2 is 1.61 bits per heavy atom. The summed E-state index contributed by atoms with van der Waals surface area (Å²) < 4.78 is 0. The van der Waals surface area contributed by atoms with E-state index in [9.17, 15) is 15.0 Å². The predicted octanol–water partition coefficient (Wildman–Crippen LogP) is 5.12. The Kier molecular flexibility index (Phi) is 7.99. The zero-order valence-electron chi connectivity index (χ0n) is 18.2. The van der Waals surface area contributed by atoms with Crippen LogP contribution in [0.5, 0.6) is 0 Å². The molecule has 31 heavy (non-hydrogen) atoms. The van der Waals surface area contributed by atoms with Gasteiger partial charge in [0.15, 0.2) is 0 Å². The number of benzene rings is 3. The molecule has 4 nitrogen and oxygen atoms in total. The summed E-state index contributed by atoms with van der Waals surface area (Å²) in [4.78, 5) is 11.5. The van der Waals surface area contributed by atoms with E-state index in [1.165, 1.54) is 5.56 Å². The van der Waals surface area contributed by atoms with Crippen LogP contribution in [-0.2, 0) is 12.8 Å². The Hall–Kier alpha value is -2.95. The highest BCUT2D eigenvalue weighted by Crippen LogP contribution is 2.25. The Morgan fingerprint density at radius 1 is 0.935 bits per heavy atom. The third kappa shape index (κ3) is 6.51. The molecule has 3 aromatic carbocycles. The number of rotatable bonds is 10. The summed E-state index contributed by atoms with van der Waals surface area (Å²) in [6.45, 7) is 5.51. The minimum Gasteiger partial charge on any atom is -0.478 e. The van der Waals surface area contributed by atoms with Crippen LogP contribution in [0, 0.1) is 5.92 Å². The van der Waals surface area contributed by atoms with Crippen LogP contribution >= 0.6 is 0 Å². The van der Waals surface area contributed by atoms with Crippen molar-refractivity contribution in [2.45, 2.75) is 32.8 Å². The number of aliphatic hydroxyl groups is 1. The Bertz CT molecular complexity index is 981. The number of carboxylic acid groups (broad SMARTS) is 1. The molecule has 0 saturated carbocycles. The number of nitrogens with one attached hydrogen (secondary N) is 1. The molecular formula is C27H31NO3. The maximum atomic E-state index is 11.5. The van der Waals surface area contributed by atoms with Gasteiger partial charge in [-0.15, -0.1) is 0 Å². The molecule has 0 aliphatic rings. The van der Waals surface area contributed by atoms with Gasteiger partial charge >= 0.3 is 5.97 Å². The summed E-state index contributed by atoms with van der Waals surface area (Å²) in [6.07, 6.45) is 1.12. The molecule has 3 N–H and O–H groups in total. The fourth-order valence-corrected chi connectivity index (χ4v) is 3.72. The Labute approximate surface area is 184 Å². The highest BCUT2D eigenvalue weighted by Gasteiger charge is 2.13. The molecule has 3 aromatic rings. The first-order chi connectivity index (χ1) is 14.9. The molecule has 0 amide bonds. The predicted molar refractivity (Wildman–Crippen MR) is 125 cm³/mol. The van der Waals surface area contributed by atoms with Crippen molar-refractivity contribution in [1.29, 1.82) is 0 Å². The lowest BCUT2D eigenvalue weighted by molar-refractivity contribution is 0.0695. The van der Waals surface area contributed by atoms with Crippen LogP contribution in [0.2, 0.25) is 0 Å². The number of carbonyl (C=O) groups is 1. The molecular weight excluding hydrogens is 386 g/mol. The average molecular weight is 418 g/mol. The van der Waals surface area contributed by atoms with Crippen molar-refractivity contribution in [3.05, 3.63) is 95.1 Å². The topological polar surface area (TPSA) is 69.6 Å². The smallest absolute Gasteiger partial charge is 0.335 e. The van der Waals surface area contributed by atoms with Gasteiger partial charge in [-0.25, -0.2) is 4.79 Å². The van der Waals surface area contributed by atoms with Gasteiger partial charge in [-0.1, -0.05) is 80.6 Å². The molecule has 0 saturated heterocycles. The Balaban J connectivity index is 1.58. The van der Waals surface area contributed by atoms with Crippen LogP contribution in [0.3, 0.4) is 0 Å². The standard InChI is InChI=1S/C27H31NO3/c1-19(2)16-24-17-23(12-13-25(24)27(30)31)21-10-8-20(9-11-21)14-15-28-18-26(29)22-6-4-3-5-7-22/h3-13,17,19,26,28-29H,14-16,18H2,1-2H3,(H,30,31). The Morgan fingerprint density at radius 3 is 2.26 bits per heavy atom. The van der Waals surface area contributed by atoms with E-state index >= 15 is 0 Å². The quantitative estimate of drug-likeness (QED) is 0.401. The first-order valence-corrected chi connectivity index (χ1v) is 10.8. The second kappa shape index (κ2) is 10.9. The highest BCUT2D eigenvalue weighted by atomic mass is 16.4. The zero-order valence-corrected chi connectivity index (χ0v) is 18.2. The summed E-state index contributed by atoms with van der Waals surface area (Å²) in [5.41, 5.74) is 5.53. The summed E-state index contributed by atoms with van der Waals surface area (Å²) in [6, 6.07) is 23.7. The van der Waals surface area contributed by atoms with Gasteiger partial charge in [-0.05, 0) is 59.2 Å². The van der Waals surface area contributed by atoms with E-state index in [1.54, 1.807) is 6.07 Å². The van der Waals surface area contributed by atoms with E-state index < -0.39 is 12.1 Å². The molecule has 0 bridgehead atoms. The van der Waals surface area contributed by atoms with Crippen LogP contribution in [0.15, 0.2) is 72.8 Å². The molecule has 1 unspecified atom stereocenters. The molecule has 0 aliphatic carbocycles. The molecule has 1 atom stereocenters. The molecule has 0 aliphatic heterocycles. The van der Waals surface area contributed by atoms with Crippen LogP contribution in [0.1, 0.15) is 47.0 Å². The van der Waals surface area contributed by atoms with Gasteiger partial charge in [0.05, 0.1) is 11.7 Å². The van der Waals surface area contributed by atoms with Gasteiger partial charge < -0.3 is 15.5 Å². The largest absolute Gasteiger partial charge is 0.478 e. The number of carboxylic acids is 1. The number of hydrogen-bond acceptors (Lipinski definition) is 3. The number of aromatic carboxylic acids is 1. The fraction of sp³-hybridized carbons (Fsp3) is 0.296. The minimum atomic E-state index is -0.873. The van der Waals surface area contributed by atoms with E-state index in [0.717, 1.165) is 41.6 Å². The molecule has 0 aromatic heterocycles. The lowest BCUT2D eigenvalue weighted by atomic mass is 9.93. The normalized spacial score (nSPS) is 12.1. The van der Waals surface area contributed by atoms with Crippen LogP contribution in [0.4, 0.5) is 0 Å². The first-order valence-electron chi connectivity index (χ1n) is 10.8.